The monoisotopic (exact) mass is 481 g/mol. The minimum absolute atomic E-state index is 0.0279. The molecule has 1 aliphatic heterocycles. The van der Waals surface area contributed by atoms with E-state index in [-0.39, 0.29) is 35.1 Å². The lowest BCUT2D eigenvalue weighted by Crippen LogP contribution is -2.27. The summed E-state index contributed by atoms with van der Waals surface area (Å²) < 4.78 is 22.2. The number of fused-ring (bicyclic) bond motifs is 3. The molecule has 0 bridgehead atoms. The lowest BCUT2D eigenvalue weighted by Gasteiger charge is -2.35. The Morgan fingerprint density at radius 1 is 1.26 bits per heavy atom. The number of amides is 2. The van der Waals surface area contributed by atoms with Crippen LogP contribution in [0, 0.1) is 19.8 Å². The van der Waals surface area contributed by atoms with Crippen LogP contribution < -0.4 is 20.9 Å². The molecule has 3 aromatic rings. The quantitative estimate of drug-likeness (QED) is 0.505. The van der Waals surface area contributed by atoms with Crippen LogP contribution in [0.3, 0.4) is 0 Å². The molecular formula is C23H26N8O2S. The molecule has 5 rings (SSSR count). The molecule has 1 saturated carbocycles. The van der Waals surface area contributed by atoms with Gasteiger partial charge in [0.15, 0.2) is 17.3 Å². The van der Waals surface area contributed by atoms with Gasteiger partial charge >= 0.3 is 0 Å². The fraction of sp³-hybridized carbons (Fsp3) is 0.391. The molecule has 11 heteroatoms. The van der Waals surface area contributed by atoms with Crippen LogP contribution in [0.4, 0.5) is 23.0 Å². The second-order valence-corrected chi connectivity index (χ2v) is 9.82. The Bertz CT molecular complexity index is 1420. The number of hydrogen-bond acceptors (Lipinski definition) is 9. The minimum Gasteiger partial charge on any atom is -0.363 e. The summed E-state index contributed by atoms with van der Waals surface area (Å²) in [5.74, 6) is -0.596. The summed E-state index contributed by atoms with van der Waals surface area (Å²) in [6, 6.07) is 1.49. The van der Waals surface area contributed by atoms with Gasteiger partial charge in [-0.2, -0.15) is 0 Å². The van der Waals surface area contributed by atoms with Crippen molar-refractivity contribution in [3.8, 4) is 11.3 Å². The maximum Gasteiger partial charge on any atom is 0.273 e. The van der Waals surface area contributed by atoms with Gasteiger partial charge in [-0.15, -0.1) is 21.5 Å². The van der Waals surface area contributed by atoms with Crippen LogP contribution in [0.25, 0.3) is 11.3 Å². The Morgan fingerprint density at radius 2 is 2.06 bits per heavy atom. The predicted molar refractivity (Wildman–Crippen MR) is 132 cm³/mol. The van der Waals surface area contributed by atoms with Gasteiger partial charge in [0.05, 0.1) is 33.0 Å². The van der Waals surface area contributed by atoms with E-state index in [1.165, 1.54) is 6.07 Å². The standard InChI is InChI=1S/C23H26N8O2S/c1-10-9-25-21(19-16(10)18-20(11(2)31(19)5)34-12(3)26-18)27-14-8-15(28-22(32)13-6-7-13)29-30-17(14)23(33)24-4/h8-9,11,13H,6-7H2,1-5H3,(H,24,33)(H2,25,27,28,29,32)/t11-/m1/s1/i4D3. The number of carbonyl (C=O) groups excluding carboxylic acids is 2. The van der Waals surface area contributed by atoms with Crippen molar-refractivity contribution in [3.63, 3.8) is 0 Å². The first-order valence-electron chi connectivity index (χ1n) is 12.4. The summed E-state index contributed by atoms with van der Waals surface area (Å²) in [4.78, 5) is 37.7. The fourth-order valence-electron chi connectivity index (χ4n) is 4.08. The first kappa shape index (κ1) is 18.8. The van der Waals surface area contributed by atoms with Gasteiger partial charge in [0.2, 0.25) is 5.91 Å². The van der Waals surface area contributed by atoms with Crippen LogP contribution in [0.2, 0.25) is 0 Å². The number of thiazole rings is 1. The van der Waals surface area contributed by atoms with Crippen LogP contribution in [-0.4, -0.2) is 46.0 Å². The Balaban J connectivity index is 1.59. The molecule has 2 amide bonds. The lowest BCUT2D eigenvalue weighted by atomic mass is 9.96. The molecular weight excluding hydrogens is 452 g/mol. The van der Waals surface area contributed by atoms with Gasteiger partial charge in [-0.3, -0.25) is 9.59 Å². The van der Waals surface area contributed by atoms with E-state index in [1.807, 2.05) is 26.2 Å². The molecule has 10 nitrogen and oxygen atoms in total. The fourth-order valence-corrected chi connectivity index (χ4v) is 5.11. The molecule has 2 aliphatic rings. The third-order valence-electron chi connectivity index (χ3n) is 6.13. The number of rotatable bonds is 5. The highest BCUT2D eigenvalue weighted by molar-refractivity contribution is 7.12. The summed E-state index contributed by atoms with van der Waals surface area (Å²) in [5, 5.41) is 16.7. The van der Waals surface area contributed by atoms with E-state index in [0.717, 1.165) is 45.2 Å². The molecule has 0 aromatic carbocycles. The third-order valence-corrected chi connectivity index (χ3v) is 7.27. The topological polar surface area (TPSA) is 125 Å². The molecule has 3 N–H and O–H groups in total. The zero-order valence-corrected chi connectivity index (χ0v) is 20.0. The highest BCUT2D eigenvalue weighted by atomic mass is 32.1. The summed E-state index contributed by atoms with van der Waals surface area (Å²) in [5.41, 5.74) is 3.47. The molecule has 0 spiro atoms. The zero-order valence-electron chi connectivity index (χ0n) is 22.2. The number of aryl methyl sites for hydroxylation is 2. The van der Waals surface area contributed by atoms with E-state index >= 15 is 0 Å². The minimum atomic E-state index is -2.72. The number of anilines is 4. The first-order valence-corrected chi connectivity index (χ1v) is 11.7. The van der Waals surface area contributed by atoms with Crippen molar-refractivity contribution in [1.29, 1.82) is 0 Å². The van der Waals surface area contributed by atoms with E-state index < -0.39 is 12.9 Å². The van der Waals surface area contributed by atoms with Crippen molar-refractivity contribution in [1.82, 2.24) is 25.5 Å². The number of hydrogen-bond donors (Lipinski definition) is 3. The van der Waals surface area contributed by atoms with Crippen LogP contribution >= 0.6 is 11.3 Å². The highest BCUT2D eigenvalue weighted by Crippen LogP contribution is 2.50. The van der Waals surface area contributed by atoms with Gasteiger partial charge in [-0.25, -0.2) is 9.97 Å². The number of aromatic nitrogens is 4. The molecule has 3 aromatic heterocycles. The average molecular weight is 482 g/mol. The molecule has 1 atom stereocenters. The smallest absolute Gasteiger partial charge is 0.273 e. The molecule has 0 saturated heterocycles. The maximum atomic E-state index is 12.8. The number of carbonyl (C=O) groups is 2. The normalized spacial score (nSPS) is 18.2. The van der Waals surface area contributed by atoms with E-state index in [0.29, 0.717) is 5.82 Å². The van der Waals surface area contributed by atoms with Crippen LogP contribution in [-0.2, 0) is 4.79 Å². The van der Waals surface area contributed by atoms with Gasteiger partial charge in [-0.05, 0) is 39.2 Å². The van der Waals surface area contributed by atoms with Crippen LogP contribution in [0.1, 0.15) is 55.9 Å². The van der Waals surface area contributed by atoms with E-state index in [9.17, 15) is 9.59 Å². The molecule has 176 valence electrons. The lowest BCUT2D eigenvalue weighted by molar-refractivity contribution is -0.117. The molecule has 1 aliphatic carbocycles. The van der Waals surface area contributed by atoms with Gasteiger partial charge in [0, 0.05) is 41.9 Å². The average Bonchev–Trinajstić information content (AvgIpc) is 3.59. The molecule has 1 fully saturated rings. The Morgan fingerprint density at radius 3 is 2.79 bits per heavy atom. The van der Waals surface area contributed by atoms with Gasteiger partial charge < -0.3 is 20.9 Å². The van der Waals surface area contributed by atoms with Crippen molar-refractivity contribution < 1.29 is 13.7 Å². The third kappa shape index (κ3) is 3.75. The van der Waals surface area contributed by atoms with Crippen molar-refractivity contribution in [2.75, 3.05) is 29.6 Å². The van der Waals surface area contributed by atoms with Gasteiger partial charge in [0.25, 0.3) is 5.91 Å². The van der Waals surface area contributed by atoms with Crippen LogP contribution in [0.5, 0.6) is 0 Å². The van der Waals surface area contributed by atoms with Gasteiger partial charge in [0.1, 0.15) is 0 Å². The van der Waals surface area contributed by atoms with E-state index in [4.69, 9.17) is 9.10 Å². The summed E-state index contributed by atoms with van der Waals surface area (Å²) >= 11 is 1.65. The molecule has 0 radical (unpaired) electrons. The van der Waals surface area contributed by atoms with E-state index in [1.54, 1.807) is 17.5 Å². The molecule has 4 heterocycles. The number of nitrogens with zero attached hydrogens (tertiary/aromatic N) is 5. The Labute approximate surface area is 205 Å². The Hall–Kier alpha value is -3.60. The summed E-state index contributed by atoms with van der Waals surface area (Å²) in [6.07, 6.45) is 3.34. The Kier molecular flexibility index (Phi) is 4.59. The highest BCUT2D eigenvalue weighted by Gasteiger charge is 2.34. The number of pyridine rings is 1. The van der Waals surface area contributed by atoms with E-state index in [2.05, 4.69) is 37.6 Å². The molecule has 0 unspecified atom stereocenters. The first-order chi connectivity index (χ1) is 17.4. The van der Waals surface area contributed by atoms with Crippen molar-refractivity contribution in [2.24, 2.45) is 5.92 Å². The van der Waals surface area contributed by atoms with Crippen LogP contribution in [0.15, 0.2) is 12.3 Å². The largest absolute Gasteiger partial charge is 0.363 e. The predicted octanol–water partition coefficient (Wildman–Crippen LogP) is 3.57. The summed E-state index contributed by atoms with van der Waals surface area (Å²) in [7, 11) is 1.96. The zero-order chi connectivity index (χ0) is 26.6. The van der Waals surface area contributed by atoms with Crippen molar-refractivity contribution in [2.45, 2.75) is 39.7 Å². The second-order valence-electron chi connectivity index (χ2n) is 8.58. The van der Waals surface area contributed by atoms with Gasteiger partial charge in [-0.1, -0.05) is 0 Å². The SMILES string of the molecule is [2H]C([2H])([2H])NC(=O)c1nnc(NC(=O)C2CC2)cc1Nc1ncc(C)c2c1N(C)[C@H](C)c1sc(C)nc1-2. The van der Waals surface area contributed by atoms with Crippen molar-refractivity contribution in [3.05, 3.63) is 33.4 Å². The second kappa shape index (κ2) is 8.32. The number of nitrogens with one attached hydrogen (secondary N) is 3. The van der Waals surface area contributed by atoms with Crippen molar-refractivity contribution >= 4 is 46.2 Å². The molecule has 34 heavy (non-hydrogen) atoms. The summed E-state index contributed by atoms with van der Waals surface area (Å²) in [6.45, 7) is 3.30. The maximum absolute atomic E-state index is 12.8.